The summed E-state index contributed by atoms with van der Waals surface area (Å²) in [6, 6.07) is 0. The van der Waals surface area contributed by atoms with Crippen molar-refractivity contribution in [2.24, 2.45) is 4.99 Å². The lowest BCUT2D eigenvalue weighted by Crippen LogP contribution is -1.89. The van der Waals surface area contributed by atoms with Crippen LogP contribution in [0.2, 0.25) is 0 Å². The molecule has 0 saturated heterocycles. The largest absolute Gasteiger partial charge is 0.340 e. The molecule has 0 fully saturated rings. The Morgan fingerprint density at radius 2 is 2.12 bits per heavy atom. The van der Waals surface area contributed by atoms with Gasteiger partial charge < -0.3 is 4.89 Å². The van der Waals surface area contributed by atoms with Crippen LogP contribution in [0.15, 0.2) is 4.99 Å². The van der Waals surface area contributed by atoms with Crippen LogP contribution >= 0.6 is 7.37 Å². The summed E-state index contributed by atoms with van der Waals surface area (Å²) < 4.78 is 10.6. The first-order chi connectivity index (χ1) is 3.48. The van der Waals surface area contributed by atoms with Gasteiger partial charge in [0, 0.05) is 13.7 Å². The summed E-state index contributed by atoms with van der Waals surface area (Å²) in [6.45, 7) is 2.82. The SMILES string of the molecule is CN=C(C)P(C)(=O)O. The second-order valence-electron chi connectivity index (χ2n) is 1.65. The van der Waals surface area contributed by atoms with Crippen molar-refractivity contribution in [3.8, 4) is 0 Å². The average Bonchev–Trinajstić information content (AvgIpc) is 1.62. The highest BCUT2D eigenvalue weighted by molar-refractivity contribution is 7.74. The standard InChI is InChI=1S/C4H10NO2P/c1-4(5-2)8(3,6)7/h1-3H3,(H,6,7). The lowest BCUT2D eigenvalue weighted by Gasteiger charge is -2.00. The lowest BCUT2D eigenvalue weighted by atomic mass is 10.9. The zero-order chi connectivity index (χ0) is 6.78. The summed E-state index contributed by atoms with van der Waals surface area (Å²) in [7, 11) is -1.51. The Kier molecular flexibility index (Phi) is 2.38. The van der Waals surface area contributed by atoms with Crippen LogP contribution in [0, 0.1) is 0 Å². The van der Waals surface area contributed by atoms with E-state index in [-0.39, 0.29) is 0 Å². The minimum absolute atomic E-state index is 0.317. The summed E-state index contributed by atoms with van der Waals surface area (Å²) in [4.78, 5) is 12.3. The van der Waals surface area contributed by atoms with Gasteiger partial charge in [-0.05, 0) is 6.92 Å². The fourth-order valence-electron chi connectivity index (χ4n) is 0.186. The van der Waals surface area contributed by atoms with Crippen LogP contribution in [0.1, 0.15) is 6.92 Å². The lowest BCUT2D eigenvalue weighted by molar-refractivity contribution is 0.499. The Morgan fingerprint density at radius 1 is 1.75 bits per heavy atom. The second-order valence-corrected chi connectivity index (χ2v) is 4.06. The molecule has 1 unspecified atom stereocenters. The fraction of sp³-hybridized carbons (Fsp3) is 0.750. The van der Waals surface area contributed by atoms with Gasteiger partial charge in [0.2, 0.25) is 7.37 Å². The van der Waals surface area contributed by atoms with Crippen LogP contribution in [-0.2, 0) is 4.57 Å². The second kappa shape index (κ2) is 2.42. The molecular formula is C4H10NO2P. The molecule has 4 heteroatoms. The Morgan fingerprint density at radius 3 is 2.12 bits per heavy atom. The van der Waals surface area contributed by atoms with Crippen molar-refractivity contribution in [2.45, 2.75) is 6.92 Å². The van der Waals surface area contributed by atoms with Gasteiger partial charge in [-0.25, -0.2) is 0 Å². The van der Waals surface area contributed by atoms with Gasteiger partial charge in [-0.3, -0.25) is 9.56 Å². The number of rotatable bonds is 1. The summed E-state index contributed by atoms with van der Waals surface area (Å²) >= 11 is 0. The zero-order valence-corrected chi connectivity index (χ0v) is 6.14. The predicted molar refractivity (Wildman–Crippen MR) is 34.8 cm³/mol. The van der Waals surface area contributed by atoms with E-state index in [4.69, 9.17) is 4.89 Å². The third-order valence-corrected chi connectivity index (χ3v) is 2.32. The van der Waals surface area contributed by atoms with Gasteiger partial charge in [0.25, 0.3) is 0 Å². The maximum atomic E-state index is 10.6. The van der Waals surface area contributed by atoms with Crippen LogP contribution in [0.25, 0.3) is 0 Å². The van der Waals surface area contributed by atoms with Gasteiger partial charge in [0.15, 0.2) is 0 Å². The summed E-state index contributed by atoms with van der Waals surface area (Å²) in [5.41, 5.74) is 0.317. The molecule has 0 saturated carbocycles. The molecule has 3 nitrogen and oxygen atoms in total. The Bertz CT molecular complexity index is 146. The number of hydrogen-bond acceptors (Lipinski definition) is 2. The molecule has 0 rings (SSSR count). The maximum Gasteiger partial charge on any atom is 0.239 e. The van der Waals surface area contributed by atoms with Gasteiger partial charge >= 0.3 is 0 Å². The van der Waals surface area contributed by atoms with Crippen molar-refractivity contribution in [2.75, 3.05) is 13.7 Å². The van der Waals surface area contributed by atoms with Crippen LogP contribution in [0.5, 0.6) is 0 Å². The molecule has 48 valence electrons. The molecular weight excluding hydrogens is 125 g/mol. The summed E-state index contributed by atoms with van der Waals surface area (Å²) in [5.74, 6) is 0. The maximum absolute atomic E-state index is 10.6. The van der Waals surface area contributed by atoms with E-state index in [0.717, 1.165) is 0 Å². The minimum atomic E-state index is -3.01. The monoisotopic (exact) mass is 135 g/mol. The molecule has 0 aliphatic heterocycles. The van der Waals surface area contributed by atoms with E-state index in [9.17, 15) is 4.57 Å². The third-order valence-electron chi connectivity index (χ3n) is 0.924. The van der Waals surface area contributed by atoms with Gasteiger partial charge in [-0.15, -0.1) is 0 Å². The molecule has 0 radical (unpaired) electrons. The molecule has 8 heavy (non-hydrogen) atoms. The predicted octanol–water partition coefficient (Wildman–Crippen LogP) is 0.935. The van der Waals surface area contributed by atoms with Gasteiger partial charge in [-0.1, -0.05) is 0 Å². The molecule has 0 aromatic carbocycles. The number of hydrogen-bond donors (Lipinski definition) is 1. The van der Waals surface area contributed by atoms with Crippen molar-refractivity contribution in [3.63, 3.8) is 0 Å². The van der Waals surface area contributed by atoms with E-state index in [1.165, 1.54) is 13.7 Å². The van der Waals surface area contributed by atoms with E-state index in [1.807, 2.05) is 0 Å². The molecule has 0 bridgehead atoms. The Hall–Kier alpha value is -0.140. The van der Waals surface area contributed by atoms with E-state index >= 15 is 0 Å². The molecule has 0 aliphatic rings. The van der Waals surface area contributed by atoms with Crippen LogP contribution in [-0.4, -0.2) is 24.1 Å². The first-order valence-electron chi connectivity index (χ1n) is 2.22. The average molecular weight is 135 g/mol. The van der Waals surface area contributed by atoms with E-state index in [1.54, 1.807) is 6.92 Å². The van der Waals surface area contributed by atoms with Crippen molar-refractivity contribution >= 4 is 12.8 Å². The summed E-state index contributed by atoms with van der Waals surface area (Å²) in [6.07, 6.45) is 0. The van der Waals surface area contributed by atoms with E-state index in [2.05, 4.69) is 4.99 Å². The van der Waals surface area contributed by atoms with Crippen molar-refractivity contribution < 1.29 is 9.46 Å². The molecule has 0 aliphatic carbocycles. The summed E-state index contributed by atoms with van der Waals surface area (Å²) in [5, 5.41) is 0. The molecule has 0 heterocycles. The molecule has 0 aromatic heterocycles. The fourth-order valence-corrected chi connectivity index (χ4v) is 0.557. The highest BCUT2D eigenvalue weighted by atomic mass is 31.2. The van der Waals surface area contributed by atoms with E-state index < -0.39 is 7.37 Å². The van der Waals surface area contributed by atoms with Gasteiger partial charge in [-0.2, -0.15) is 0 Å². The van der Waals surface area contributed by atoms with E-state index in [0.29, 0.717) is 5.45 Å². The van der Waals surface area contributed by atoms with Crippen molar-refractivity contribution in [1.82, 2.24) is 0 Å². The van der Waals surface area contributed by atoms with Crippen LogP contribution in [0.3, 0.4) is 0 Å². The molecule has 0 spiro atoms. The molecule has 1 atom stereocenters. The van der Waals surface area contributed by atoms with Crippen molar-refractivity contribution in [3.05, 3.63) is 0 Å². The van der Waals surface area contributed by atoms with Crippen LogP contribution in [0.4, 0.5) is 0 Å². The number of aliphatic imine (C=N–C) groups is 1. The van der Waals surface area contributed by atoms with Gasteiger partial charge in [0.1, 0.15) is 0 Å². The highest BCUT2D eigenvalue weighted by Gasteiger charge is 2.11. The minimum Gasteiger partial charge on any atom is -0.340 e. The molecule has 0 amide bonds. The third kappa shape index (κ3) is 2.24. The number of nitrogens with zero attached hydrogens (tertiary/aromatic N) is 1. The molecule has 1 N–H and O–H groups in total. The highest BCUT2D eigenvalue weighted by Crippen LogP contribution is 2.36. The Balaban J connectivity index is 4.27. The smallest absolute Gasteiger partial charge is 0.239 e. The quantitative estimate of drug-likeness (QED) is 0.429. The first kappa shape index (κ1) is 7.86. The first-order valence-corrected chi connectivity index (χ1v) is 4.33. The van der Waals surface area contributed by atoms with Crippen LogP contribution < -0.4 is 0 Å². The zero-order valence-electron chi connectivity index (χ0n) is 5.25. The van der Waals surface area contributed by atoms with Gasteiger partial charge in [0.05, 0.1) is 5.45 Å². The topological polar surface area (TPSA) is 49.7 Å². The van der Waals surface area contributed by atoms with Crippen molar-refractivity contribution in [1.29, 1.82) is 0 Å². The normalized spacial score (nSPS) is 20.2. The Labute approximate surface area is 48.9 Å². The molecule has 0 aromatic rings.